The molecule has 1 aromatic rings. The summed E-state index contributed by atoms with van der Waals surface area (Å²) < 4.78 is 27.1. The average molecular weight is 299 g/mol. The number of carbonyl (C=O) groups excluding carboxylic acids is 2. The minimum absolute atomic E-state index is 0.0946. The van der Waals surface area contributed by atoms with E-state index in [1.165, 1.54) is 0 Å². The van der Waals surface area contributed by atoms with Crippen molar-refractivity contribution in [2.45, 2.75) is 26.7 Å². The molecule has 116 valence electrons. The summed E-state index contributed by atoms with van der Waals surface area (Å²) in [4.78, 5) is 23.3. The van der Waals surface area contributed by atoms with Gasteiger partial charge >= 0.3 is 0 Å². The summed E-state index contributed by atoms with van der Waals surface area (Å²) >= 11 is 0. The lowest BCUT2D eigenvalue weighted by Crippen LogP contribution is -2.41. The second kappa shape index (κ2) is 6.62. The molecular formula is C14H19F2N3O2. The monoisotopic (exact) mass is 299 g/mol. The second-order valence-electron chi connectivity index (χ2n) is 4.82. The van der Waals surface area contributed by atoms with Crippen LogP contribution in [-0.4, -0.2) is 18.4 Å². The van der Waals surface area contributed by atoms with Gasteiger partial charge in [0.1, 0.15) is 11.6 Å². The van der Waals surface area contributed by atoms with Crippen LogP contribution in [0.15, 0.2) is 12.1 Å². The molecule has 0 atom stereocenters. The number of amides is 2. The van der Waals surface area contributed by atoms with Gasteiger partial charge in [-0.15, -0.1) is 0 Å². The molecule has 0 unspecified atom stereocenters. The molecule has 0 aliphatic carbocycles. The Bertz CT molecular complexity index is 549. The van der Waals surface area contributed by atoms with Crippen LogP contribution in [0.3, 0.4) is 0 Å². The zero-order valence-corrected chi connectivity index (χ0v) is 12.0. The minimum atomic E-state index is -1.07. The highest BCUT2D eigenvalue weighted by molar-refractivity contribution is 5.98. The van der Waals surface area contributed by atoms with Gasteiger partial charge in [-0.2, -0.15) is 0 Å². The highest BCUT2D eigenvalue weighted by atomic mass is 19.1. The van der Waals surface area contributed by atoms with Crippen molar-refractivity contribution < 1.29 is 18.4 Å². The van der Waals surface area contributed by atoms with Gasteiger partial charge in [-0.3, -0.25) is 9.59 Å². The number of hydrogen-bond donors (Lipinski definition) is 3. The molecule has 0 aromatic heterocycles. The molecule has 5 nitrogen and oxygen atoms in total. The van der Waals surface area contributed by atoms with Crippen molar-refractivity contribution in [3.8, 4) is 0 Å². The van der Waals surface area contributed by atoms with Gasteiger partial charge in [0, 0.05) is 12.6 Å². The van der Waals surface area contributed by atoms with E-state index in [9.17, 15) is 18.4 Å². The molecule has 0 heterocycles. The fourth-order valence-electron chi connectivity index (χ4n) is 2.04. The summed E-state index contributed by atoms with van der Waals surface area (Å²) in [5.74, 6) is -3.58. The number of halogens is 2. The van der Waals surface area contributed by atoms with Crippen LogP contribution in [0.4, 0.5) is 14.5 Å². The van der Waals surface area contributed by atoms with Crippen molar-refractivity contribution >= 4 is 17.5 Å². The van der Waals surface area contributed by atoms with Crippen LogP contribution in [-0.2, 0) is 4.79 Å². The normalized spacial score (nSPS) is 11.3. The maximum atomic E-state index is 13.7. The van der Waals surface area contributed by atoms with Crippen molar-refractivity contribution in [1.82, 2.24) is 0 Å². The van der Waals surface area contributed by atoms with Gasteiger partial charge in [0.15, 0.2) is 0 Å². The van der Waals surface area contributed by atoms with Crippen LogP contribution in [0.25, 0.3) is 0 Å². The average Bonchev–Trinajstić information content (AvgIpc) is 2.44. The quantitative estimate of drug-likeness (QED) is 0.746. The van der Waals surface area contributed by atoms with Crippen LogP contribution in [0, 0.1) is 17.0 Å². The van der Waals surface area contributed by atoms with Crippen LogP contribution < -0.4 is 16.8 Å². The summed E-state index contributed by atoms with van der Waals surface area (Å²) in [6.45, 7) is 3.69. The van der Waals surface area contributed by atoms with E-state index in [-0.39, 0.29) is 12.2 Å². The van der Waals surface area contributed by atoms with Gasteiger partial charge in [0.05, 0.1) is 16.7 Å². The first-order valence-electron chi connectivity index (χ1n) is 6.61. The fraction of sp³-hybridized carbons (Fsp3) is 0.429. The van der Waals surface area contributed by atoms with Gasteiger partial charge in [0.25, 0.3) is 5.91 Å². The molecule has 0 saturated heterocycles. The third-order valence-electron chi connectivity index (χ3n) is 3.80. The summed E-state index contributed by atoms with van der Waals surface area (Å²) in [6, 6.07) is 1.40. The van der Waals surface area contributed by atoms with E-state index in [1.807, 2.05) is 0 Å². The van der Waals surface area contributed by atoms with Crippen molar-refractivity contribution in [3.05, 3.63) is 29.3 Å². The maximum Gasteiger partial charge on any atom is 0.251 e. The first kappa shape index (κ1) is 17.0. The topological polar surface area (TPSA) is 98.2 Å². The summed E-state index contributed by atoms with van der Waals surface area (Å²) in [7, 11) is 0. The van der Waals surface area contributed by atoms with E-state index in [1.54, 1.807) is 13.8 Å². The SMILES string of the molecule is CCC(CC)(CN)C(=O)Nc1cc(C(N)=O)c(F)cc1F. The minimum Gasteiger partial charge on any atom is -0.366 e. The van der Waals surface area contributed by atoms with Crippen molar-refractivity contribution in [2.75, 3.05) is 11.9 Å². The predicted molar refractivity (Wildman–Crippen MR) is 75.6 cm³/mol. The van der Waals surface area contributed by atoms with Gasteiger partial charge in [-0.05, 0) is 18.9 Å². The molecular weight excluding hydrogens is 280 g/mol. The van der Waals surface area contributed by atoms with Gasteiger partial charge in [0.2, 0.25) is 5.91 Å². The Morgan fingerprint density at radius 1 is 1.19 bits per heavy atom. The molecule has 0 fully saturated rings. The Hall–Kier alpha value is -2.02. The lowest BCUT2D eigenvalue weighted by atomic mass is 9.81. The van der Waals surface area contributed by atoms with E-state index < -0.39 is 34.4 Å². The number of rotatable bonds is 6. The molecule has 0 saturated carbocycles. The van der Waals surface area contributed by atoms with Crippen LogP contribution in [0.2, 0.25) is 0 Å². The van der Waals surface area contributed by atoms with Gasteiger partial charge in [-0.1, -0.05) is 13.8 Å². The Kier molecular flexibility index (Phi) is 5.37. The first-order valence-corrected chi connectivity index (χ1v) is 6.61. The number of primary amides is 1. The summed E-state index contributed by atoms with van der Waals surface area (Å²) in [5.41, 5.74) is 9.01. The molecule has 7 heteroatoms. The van der Waals surface area contributed by atoms with E-state index in [0.717, 1.165) is 6.07 Å². The lowest BCUT2D eigenvalue weighted by Gasteiger charge is -2.28. The number of nitrogens with one attached hydrogen (secondary N) is 1. The van der Waals surface area contributed by atoms with Gasteiger partial charge < -0.3 is 16.8 Å². The Balaban J connectivity index is 3.16. The standard InChI is InChI=1S/C14H19F2N3O2/c1-3-14(4-2,7-17)13(21)19-11-5-8(12(18)20)9(15)6-10(11)16/h5-6H,3-4,7,17H2,1-2H3,(H2,18,20)(H,19,21). The number of hydrogen-bond acceptors (Lipinski definition) is 3. The molecule has 0 aliphatic rings. The van der Waals surface area contributed by atoms with Crippen molar-refractivity contribution in [1.29, 1.82) is 0 Å². The van der Waals surface area contributed by atoms with E-state index in [2.05, 4.69) is 5.32 Å². The van der Waals surface area contributed by atoms with Gasteiger partial charge in [-0.25, -0.2) is 8.78 Å². The Morgan fingerprint density at radius 3 is 2.19 bits per heavy atom. The molecule has 2 amide bonds. The summed E-state index contributed by atoms with van der Waals surface area (Å²) in [5, 5.41) is 2.36. The van der Waals surface area contributed by atoms with Crippen LogP contribution in [0.1, 0.15) is 37.0 Å². The highest BCUT2D eigenvalue weighted by Crippen LogP contribution is 2.28. The second-order valence-corrected chi connectivity index (χ2v) is 4.82. The molecule has 0 aliphatic heterocycles. The predicted octanol–water partition coefficient (Wildman–Crippen LogP) is 1.77. The third-order valence-corrected chi connectivity index (χ3v) is 3.80. The van der Waals surface area contributed by atoms with E-state index >= 15 is 0 Å². The largest absolute Gasteiger partial charge is 0.366 e. The molecule has 0 bridgehead atoms. The number of anilines is 1. The van der Waals surface area contributed by atoms with Crippen LogP contribution in [0.5, 0.6) is 0 Å². The maximum absolute atomic E-state index is 13.7. The lowest BCUT2D eigenvalue weighted by molar-refractivity contribution is -0.125. The van der Waals surface area contributed by atoms with Crippen LogP contribution >= 0.6 is 0 Å². The smallest absolute Gasteiger partial charge is 0.251 e. The summed E-state index contributed by atoms with van der Waals surface area (Å²) in [6.07, 6.45) is 0.939. The third kappa shape index (κ3) is 3.36. The fourth-order valence-corrected chi connectivity index (χ4v) is 2.04. The van der Waals surface area contributed by atoms with Crippen molar-refractivity contribution in [2.24, 2.45) is 16.9 Å². The van der Waals surface area contributed by atoms with E-state index in [0.29, 0.717) is 18.9 Å². The first-order chi connectivity index (χ1) is 9.81. The molecule has 5 N–H and O–H groups in total. The highest BCUT2D eigenvalue weighted by Gasteiger charge is 2.34. The van der Waals surface area contributed by atoms with Crippen molar-refractivity contribution in [3.63, 3.8) is 0 Å². The molecule has 21 heavy (non-hydrogen) atoms. The molecule has 0 radical (unpaired) electrons. The molecule has 1 rings (SSSR count). The number of carbonyl (C=O) groups is 2. The van der Waals surface area contributed by atoms with E-state index in [4.69, 9.17) is 11.5 Å². The number of nitrogens with two attached hydrogens (primary N) is 2. The molecule has 0 spiro atoms. The molecule has 1 aromatic carbocycles. The zero-order chi connectivity index (χ0) is 16.2. The number of benzene rings is 1. The Morgan fingerprint density at radius 2 is 1.76 bits per heavy atom. The Labute approximate surface area is 121 Å². The zero-order valence-electron chi connectivity index (χ0n) is 12.0.